The SMILES string of the molecule is CCn1c(SC(C)c2ccccc2Cl)nnc1-c1cccs1. The molecule has 0 N–H and O–H groups in total. The van der Waals surface area contributed by atoms with Crippen molar-refractivity contribution in [3.05, 3.63) is 52.4 Å². The summed E-state index contributed by atoms with van der Waals surface area (Å²) in [6.45, 7) is 5.11. The molecule has 114 valence electrons. The highest BCUT2D eigenvalue weighted by Gasteiger charge is 2.18. The lowest BCUT2D eigenvalue weighted by Gasteiger charge is -2.13. The van der Waals surface area contributed by atoms with Crippen molar-refractivity contribution in [1.29, 1.82) is 0 Å². The largest absolute Gasteiger partial charge is 0.302 e. The van der Waals surface area contributed by atoms with Gasteiger partial charge >= 0.3 is 0 Å². The number of nitrogens with zero attached hydrogens (tertiary/aromatic N) is 3. The molecule has 1 unspecified atom stereocenters. The third-order valence-electron chi connectivity index (χ3n) is 3.40. The van der Waals surface area contributed by atoms with E-state index in [-0.39, 0.29) is 5.25 Å². The van der Waals surface area contributed by atoms with Gasteiger partial charge in [0.25, 0.3) is 0 Å². The summed E-state index contributed by atoms with van der Waals surface area (Å²) in [5, 5.41) is 12.8. The fourth-order valence-electron chi connectivity index (χ4n) is 2.28. The maximum atomic E-state index is 6.29. The number of thiophene rings is 1. The molecule has 0 amide bonds. The fourth-order valence-corrected chi connectivity index (χ4v) is 4.44. The van der Waals surface area contributed by atoms with Gasteiger partial charge < -0.3 is 4.57 Å². The molecule has 0 aliphatic heterocycles. The molecule has 0 aliphatic carbocycles. The fraction of sp³-hybridized carbons (Fsp3) is 0.250. The Hall–Kier alpha value is -1.30. The first kappa shape index (κ1) is 15.6. The molecule has 0 saturated heterocycles. The van der Waals surface area contributed by atoms with Gasteiger partial charge in [0.05, 0.1) is 4.88 Å². The van der Waals surface area contributed by atoms with E-state index in [1.165, 1.54) is 0 Å². The first-order valence-electron chi connectivity index (χ1n) is 7.09. The van der Waals surface area contributed by atoms with Gasteiger partial charge in [0, 0.05) is 16.8 Å². The zero-order chi connectivity index (χ0) is 15.5. The Morgan fingerprint density at radius 1 is 1.23 bits per heavy atom. The summed E-state index contributed by atoms with van der Waals surface area (Å²) in [5.41, 5.74) is 1.12. The molecule has 6 heteroatoms. The molecular formula is C16H16ClN3S2. The van der Waals surface area contributed by atoms with Crippen molar-refractivity contribution in [2.24, 2.45) is 0 Å². The van der Waals surface area contributed by atoms with E-state index in [1.807, 2.05) is 24.3 Å². The van der Waals surface area contributed by atoms with Crippen molar-refractivity contribution in [2.75, 3.05) is 0 Å². The topological polar surface area (TPSA) is 30.7 Å². The molecule has 0 fully saturated rings. The van der Waals surface area contributed by atoms with Crippen LogP contribution in [-0.4, -0.2) is 14.8 Å². The molecule has 0 aliphatic rings. The van der Waals surface area contributed by atoms with E-state index in [2.05, 4.69) is 46.1 Å². The van der Waals surface area contributed by atoms with Crippen molar-refractivity contribution >= 4 is 34.7 Å². The van der Waals surface area contributed by atoms with Crippen LogP contribution in [0.3, 0.4) is 0 Å². The highest BCUT2D eigenvalue weighted by molar-refractivity contribution is 7.99. The quantitative estimate of drug-likeness (QED) is 0.567. The van der Waals surface area contributed by atoms with Crippen molar-refractivity contribution in [1.82, 2.24) is 14.8 Å². The van der Waals surface area contributed by atoms with Crippen LogP contribution in [0.15, 0.2) is 46.9 Å². The van der Waals surface area contributed by atoms with Gasteiger partial charge in [-0.25, -0.2) is 0 Å². The van der Waals surface area contributed by atoms with Crippen LogP contribution in [0.25, 0.3) is 10.7 Å². The summed E-state index contributed by atoms with van der Waals surface area (Å²) in [7, 11) is 0. The van der Waals surface area contributed by atoms with Crippen LogP contribution in [0.1, 0.15) is 24.7 Å². The monoisotopic (exact) mass is 349 g/mol. The molecule has 0 saturated carbocycles. The zero-order valence-electron chi connectivity index (χ0n) is 12.4. The Morgan fingerprint density at radius 2 is 2.05 bits per heavy atom. The minimum atomic E-state index is 0.222. The van der Waals surface area contributed by atoms with Crippen LogP contribution in [0, 0.1) is 0 Å². The van der Waals surface area contributed by atoms with Gasteiger partial charge in [-0.15, -0.1) is 21.5 Å². The summed E-state index contributed by atoms with van der Waals surface area (Å²) in [6, 6.07) is 12.1. The first-order chi connectivity index (χ1) is 10.7. The number of hydrogen-bond donors (Lipinski definition) is 0. The maximum Gasteiger partial charge on any atom is 0.192 e. The molecule has 0 spiro atoms. The Bertz CT molecular complexity index is 753. The van der Waals surface area contributed by atoms with E-state index in [1.54, 1.807) is 23.1 Å². The molecule has 0 bridgehead atoms. The standard InChI is InChI=1S/C16H16ClN3S2/c1-3-20-15(14-9-6-10-21-14)18-19-16(20)22-11(2)12-7-4-5-8-13(12)17/h4-11H,3H2,1-2H3. The second kappa shape index (κ2) is 6.86. The molecule has 0 radical (unpaired) electrons. The predicted octanol–water partition coefficient (Wildman–Crippen LogP) is 5.53. The van der Waals surface area contributed by atoms with E-state index in [0.717, 1.165) is 33.0 Å². The lowest BCUT2D eigenvalue weighted by molar-refractivity contribution is 0.686. The molecule has 22 heavy (non-hydrogen) atoms. The van der Waals surface area contributed by atoms with Crippen LogP contribution in [-0.2, 0) is 6.54 Å². The van der Waals surface area contributed by atoms with E-state index >= 15 is 0 Å². The van der Waals surface area contributed by atoms with E-state index in [9.17, 15) is 0 Å². The summed E-state index contributed by atoms with van der Waals surface area (Å²) < 4.78 is 2.16. The molecule has 3 rings (SSSR count). The molecule has 3 nitrogen and oxygen atoms in total. The van der Waals surface area contributed by atoms with E-state index in [0.29, 0.717) is 0 Å². The Kier molecular flexibility index (Phi) is 4.86. The van der Waals surface area contributed by atoms with Crippen LogP contribution in [0.4, 0.5) is 0 Å². The molecule has 1 atom stereocenters. The summed E-state index contributed by atoms with van der Waals surface area (Å²) in [4.78, 5) is 1.14. The van der Waals surface area contributed by atoms with Gasteiger partial charge in [-0.3, -0.25) is 0 Å². The third-order valence-corrected chi connectivity index (χ3v) is 5.73. The van der Waals surface area contributed by atoms with Crippen molar-refractivity contribution in [3.63, 3.8) is 0 Å². The number of benzene rings is 1. The van der Waals surface area contributed by atoms with Crippen molar-refractivity contribution in [3.8, 4) is 10.7 Å². The molecule has 2 heterocycles. The number of halogens is 1. The maximum absolute atomic E-state index is 6.29. The molecule has 1 aromatic carbocycles. The minimum absolute atomic E-state index is 0.222. The summed E-state index contributed by atoms with van der Waals surface area (Å²) in [6.07, 6.45) is 0. The van der Waals surface area contributed by atoms with Gasteiger partial charge in [-0.1, -0.05) is 47.6 Å². The summed E-state index contributed by atoms with van der Waals surface area (Å²) in [5.74, 6) is 0.936. The van der Waals surface area contributed by atoms with Gasteiger partial charge in [0.2, 0.25) is 0 Å². The minimum Gasteiger partial charge on any atom is -0.302 e. The first-order valence-corrected chi connectivity index (χ1v) is 9.22. The second-order valence-corrected chi connectivity index (χ2v) is 7.47. The van der Waals surface area contributed by atoms with Crippen LogP contribution in [0.2, 0.25) is 5.02 Å². The highest BCUT2D eigenvalue weighted by atomic mass is 35.5. The van der Waals surface area contributed by atoms with Crippen LogP contribution < -0.4 is 0 Å². The Labute approximate surface area is 143 Å². The van der Waals surface area contributed by atoms with E-state index in [4.69, 9.17) is 11.6 Å². The second-order valence-electron chi connectivity index (χ2n) is 4.81. The Morgan fingerprint density at radius 3 is 2.73 bits per heavy atom. The van der Waals surface area contributed by atoms with Gasteiger partial charge in [-0.05, 0) is 36.9 Å². The number of hydrogen-bond acceptors (Lipinski definition) is 4. The smallest absolute Gasteiger partial charge is 0.192 e. The number of thioether (sulfide) groups is 1. The van der Waals surface area contributed by atoms with Crippen LogP contribution >= 0.6 is 34.7 Å². The third kappa shape index (κ3) is 3.07. The summed E-state index contributed by atoms with van der Waals surface area (Å²) >= 11 is 9.66. The average molecular weight is 350 g/mol. The van der Waals surface area contributed by atoms with Crippen molar-refractivity contribution in [2.45, 2.75) is 30.8 Å². The van der Waals surface area contributed by atoms with E-state index < -0.39 is 0 Å². The molecule has 3 aromatic rings. The zero-order valence-corrected chi connectivity index (χ0v) is 14.8. The predicted molar refractivity (Wildman–Crippen MR) is 94.7 cm³/mol. The van der Waals surface area contributed by atoms with Crippen LogP contribution in [0.5, 0.6) is 0 Å². The van der Waals surface area contributed by atoms with Gasteiger partial charge in [0.1, 0.15) is 0 Å². The average Bonchev–Trinajstić information content (AvgIpc) is 3.16. The number of rotatable bonds is 5. The van der Waals surface area contributed by atoms with Gasteiger partial charge in [-0.2, -0.15) is 0 Å². The normalized spacial score (nSPS) is 12.5. The lowest BCUT2D eigenvalue weighted by atomic mass is 10.2. The molecular weight excluding hydrogens is 334 g/mol. The molecule has 2 aromatic heterocycles. The highest BCUT2D eigenvalue weighted by Crippen LogP contribution is 2.38. The Balaban J connectivity index is 1.88. The lowest BCUT2D eigenvalue weighted by Crippen LogP contribution is -2.00. The van der Waals surface area contributed by atoms with Crippen molar-refractivity contribution < 1.29 is 0 Å². The van der Waals surface area contributed by atoms with Gasteiger partial charge in [0.15, 0.2) is 11.0 Å². The number of aromatic nitrogens is 3.